The minimum Gasteiger partial charge on any atom is -0.466 e. The second-order valence-electron chi connectivity index (χ2n) is 6.74. The number of fused-ring (bicyclic) bond motifs is 1. The maximum Gasteiger partial charge on any atom is 0.335 e. The highest BCUT2D eigenvalue weighted by Gasteiger charge is 2.38. The van der Waals surface area contributed by atoms with Gasteiger partial charge in [0, 0.05) is 49.0 Å². The number of aromatic amines is 1. The van der Waals surface area contributed by atoms with Crippen LogP contribution in [-0.2, 0) is 14.3 Å². The van der Waals surface area contributed by atoms with Crippen molar-refractivity contribution in [2.45, 2.75) is 13.3 Å². The monoisotopic (exact) mass is 354 g/mol. The van der Waals surface area contributed by atoms with Gasteiger partial charge in [0.25, 0.3) is 0 Å². The van der Waals surface area contributed by atoms with Crippen molar-refractivity contribution in [3.63, 3.8) is 0 Å². The van der Waals surface area contributed by atoms with Crippen molar-refractivity contribution >= 4 is 28.4 Å². The Labute approximate surface area is 151 Å². The summed E-state index contributed by atoms with van der Waals surface area (Å²) in [6, 6.07) is 9.44. The molecule has 1 aliphatic rings. The van der Waals surface area contributed by atoms with Gasteiger partial charge in [-0.15, -0.1) is 0 Å². The molecule has 26 heavy (non-hydrogen) atoms. The van der Waals surface area contributed by atoms with E-state index in [9.17, 15) is 14.4 Å². The molecule has 0 spiro atoms. The number of hydrogen-bond donors (Lipinski definition) is 1. The zero-order valence-electron chi connectivity index (χ0n) is 15.1. The van der Waals surface area contributed by atoms with Gasteiger partial charge in [0.05, 0.1) is 18.4 Å². The smallest absolute Gasteiger partial charge is 0.335 e. The molecule has 1 aliphatic heterocycles. The van der Waals surface area contributed by atoms with Crippen LogP contribution in [0.1, 0.15) is 23.8 Å². The van der Waals surface area contributed by atoms with Crippen molar-refractivity contribution in [3.8, 4) is 0 Å². The van der Waals surface area contributed by atoms with Crippen LogP contribution < -0.4 is 0 Å². The van der Waals surface area contributed by atoms with Gasteiger partial charge in [-0.25, -0.2) is 4.79 Å². The molecule has 2 aromatic rings. The molecule has 1 N–H and O–H groups in total. The molecule has 1 aromatic heterocycles. The zero-order chi connectivity index (χ0) is 18.8. The van der Waals surface area contributed by atoms with Gasteiger partial charge in [-0.3, -0.25) is 9.59 Å². The first-order valence-electron chi connectivity index (χ1n) is 8.52. The third kappa shape index (κ3) is 3.40. The first-order valence-corrected chi connectivity index (χ1v) is 8.52. The topological polar surface area (TPSA) is 79.5 Å². The summed E-state index contributed by atoms with van der Waals surface area (Å²) in [6.07, 6.45) is 1.75. The molecule has 136 valence electrons. The Morgan fingerprint density at radius 1 is 1.27 bits per heavy atom. The number of carbonyl (C=O) groups is 3. The van der Waals surface area contributed by atoms with Crippen LogP contribution in [0.4, 0.5) is 0 Å². The predicted molar refractivity (Wildman–Crippen MR) is 97.6 cm³/mol. The summed E-state index contributed by atoms with van der Waals surface area (Å²) in [5, 5.41) is 0.950. The molecule has 2 atom stereocenters. The predicted octanol–water partition coefficient (Wildman–Crippen LogP) is 2.56. The standard InChI is InChI=1S/C20H22N2O4/c1-12(23)15-10-22(2)11-16(20(25)26-3)14(15)9-19(24)18-8-13-6-4-5-7-17(13)21-18/h4-8,11,14-15,21H,9-10H2,1-3H3. The number of benzene rings is 1. The van der Waals surface area contributed by atoms with Crippen LogP contribution >= 0.6 is 0 Å². The number of H-pyrrole nitrogens is 1. The minimum absolute atomic E-state index is 0.0409. The van der Waals surface area contributed by atoms with E-state index in [1.54, 1.807) is 24.2 Å². The number of esters is 1. The first-order chi connectivity index (χ1) is 12.4. The second-order valence-corrected chi connectivity index (χ2v) is 6.74. The lowest BCUT2D eigenvalue weighted by molar-refractivity contribution is -0.137. The first kappa shape index (κ1) is 17.9. The normalized spacial score (nSPS) is 20.0. The van der Waals surface area contributed by atoms with E-state index < -0.39 is 17.8 Å². The summed E-state index contributed by atoms with van der Waals surface area (Å²) in [4.78, 5) is 42.1. The van der Waals surface area contributed by atoms with Crippen molar-refractivity contribution in [1.82, 2.24) is 9.88 Å². The van der Waals surface area contributed by atoms with Gasteiger partial charge < -0.3 is 14.6 Å². The molecule has 1 aromatic carbocycles. The molecular weight excluding hydrogens is 332 g/mol. The van der Waals surface area contributed by atoms with Crippen molar-refractivity contribution in [2.75, 3.05) is 20.7 Å². The molecule has 2 heterocycles. The Morgan fingerprint density at radius 3 is 2.65 bits per heavy atom. The third-order valence-electron chi connectivity index (χ3n) is 4.91. The van der Waals surface area contributed by atoms with E-state index in [1.165, 1.54) is 14.0 Å². The van der Waals surface area contributed by atoms with E-state index in [4.69, 9.17) is 4.74 Å². The van der Waals surface area contributed by atoms with Crippen LogP contribution in [0.15, 0.2) is 42.1 Å². The Balaban J connectivity index is 1.92. The Morgan fingerprint density at radius 2 is 2.00 bits per heavy atom. The number of methoxy groups -OCH3 is 1. The molecular formula is C20H22N2O4. The summed E-state index contributed by atoms with van der Waals surface area (Å²) in [6.45, 7) is 1.97. The lowest BCUT2D eigenvalue weighted by Gasteiger charge is -2.34. The molecule has 6 heteroatoms. The van der Waals surface area contributed by atoms with Gasteiger partial charge in [0.2, 0.25) is 0 Å². The Kier molecular flexibility index (Phi) is 4.93. The maximum atomic E-state index is 12.9. The molecule has 0 saturated heterocycles. The fourth-order valence-electron chi connectivity index (χ4n) is 3.56. The average molecular weight is 354 g/mol. The van der Waals surface area contributed by atoms with Crippen LogP contribution in [0.25, 0.3) is 10.9 Å². The van der Waals surface area contributed by atoms with Crippen LogP contribution in [0.5, 0.6) is 0 Å². The molecule has 3 rings (SSSR count). The third-order valence-corrected chi connectivity index (χ3v) is 4.91. The number of nitrogens with one attached hydrogen (secondary N) is 1. The summed E-state index contributed by atoms with van der Waals surface area (Å²) in [5.41, 5.74) is 1.73. The quantitative estimate of drug-likeness (QED) is 0.659. The van der Waals surface area contributed by atoms with E-state index in [2.05, 4.69) is 4.98 Å². The molecule has 0 saturated carbocycles. The number of nitrogens with zero attached hydrogens (tertiary/aromatic N) is 1. The number of ether oxygens (including phenoxy) is 1. The van der Waals surface area contributed by atoms with Crippen LogP contribution in [0.2, 0.25) is 0 Å². The average Bonchev–Trinajstić information content (AvgIpc) is 3.06. The fourth-order valence-corrected chi connectivity index (χ4v) is 3.56. The lowest BCUT2D eigenvalue weighted by atomic mass is 9.77. The summed E-state index contributed by atoms with van der Waals surface area (Å²) in [7, 11) is 3.10. The number of Topliss-reactive ketones (excluding diaryl/α,β-unsaturated/α-hetero) is 2. The molecule has 0 amide bonds. The Hall–Kier alpha value is -2.89. The fraction of sp³-hybridized carbons (Fsp3) is 0.350. The summed E-state index contributed by atoms with van der Waals surface area (Å²) < 4.78 is 4.87. The van der Waals surface area contributed by atoms with Crippen molar-refractivity contribution in [2.24, 2.45) is 11.8 Å². The number of hydrogen-bond acceptors (Lipinski definition) is 5. The summed E-state index contributed by atoms with van der Waals surface area (Å²) in [5.74, 6) is -1.59. The highest BCUT2D eigenvalue weighted by Crippen LogP contribution is 2.32. The van der Waals surface area contributed by atoms with Crippen molar-refractivity contribution < 1.29 is 19.1 Å². The molecule has 0 radical (unpaired) electrons. The lowest BCUT2D eigenvalue weighted by Crippen LogP contribution is -2.40. The zero-order valence-corrected chi connectivity index (χ0v) is 15.1. The molecule has 0 aliphatic carbocycles. The van der Waals surface area contributed by atoms with Gasteiger partial charge in [0.1, 0.15) is 5.78 Å². The van der Waals surface area contributed by atoms with E-state index >= 15 is 0 Å². The van der Waals surface area contributed by atoms with E-state index in [0.29, 0.717) is 17.8 Å². The Bertz CT molecular complexity index is 863. The van der Waals surface area contributed by atoms with Crippen molar-refractivity contribution in [1.29, 1.82) is 0 Å². The number of aromatic nitrogens is 1. The highest BCUT2D eigenvalue weighted by atomic mass is 16.5. The highest BCUT2D eigenvalue weighted by molar-refractivity contribution is 6.01. The number of rotatable bonds is 5. The van der Waals surface area contributed by atoms with Gasteiger partial charge >= 0.3 is 5.97 Å². The summed E-state index contributed by atoms with van der Waals surface area (Å²) >= 11 is 0. The minimum atomic E-state index is -0.503. The van der Waals surface area contributed by atoms with Gasteiger partial charge in [0.15, 0.2) is 5.78 Å². The van der Waals surface area contributed by atoms with E-state index in [0.717, 1.165) is 10.9 Å². The largest absolute Gasteiger partial charge is 0.466 e. The van der Waals surface area contributed by atoms with Gasteiger partial charge in [-0.05, 0) is 19.1 Å². The maximum absolute atomic E-state index is 12.9. The van der Waals surface area contributed by atoms with E-state index in [-0.39, 0.29) is 18.0 Å². The molecule has 0 bridgehead atoms. The number of carbonyl (C=O) groups excluding carboxylic acids is 3. The second kappa shape index (κ2) is 7.15. The number of ketones is 2. The van der Waals surface area contributed by atoms with Crippen LogP contribution in [0.3, 0.4) is 0 Å². The molecule has 6 nitrogen and oxygen atoms in total. The van der Waals surface area contributed by atoms with E-state index in [1.807, 2.05) is 24.3 Å². The molecule has 2 unspecified atom stereocenters. The SMILES string of the molecule is COC(=O)C1=CN(C)CC(C(C)=O)C1CC(=O)c1cc2ccccc2[nH]1. The number of para-hydroxylation sites is 1. The van der Waals surface area contributed by atoms with Crippen LogP contribution in [-0.4, -0.2) is 48.1 Å². The van der Waals surface area contributed by atoms with Gasteiger partial charge in [-0.2, -0.15) is 0 Å². The van der Waals surface area contributed by atoms with Crippen molar-refractivity contribution in [3.05, 3.63) is 47.8 Å². The van der Waals surface area contributed by atoms with Crippen LogP contribution in [0, 0.1) is 11.8 Å². The molecule has 0 fully saturated rings. The van der Waals surface area contributed by atoms with Gasteiger partial charge in [-0.1, -0.05) is 18.2 Å².